The maximum atomic E-state index is 5.69. The molecule has 1 aromatic rings. The van der Waals surface area contributed by atoms with Crippen molar-refractivity contribution in [1.82, 2.24) is 10.3 Å². The maximum Gasteiger partial charge on any atom is 0.0581 e. The molecule has 0 spiro atoms. The van der Waals surface area contributed by atoms with E-state index in [1.54, 1.807) is 0 Å². The predicted octanol–water partition coefficient (Wildman–Crippen LogP) is 1.00. The van der Waals surface area contributed by atoms with Crippen LogP contribution in [0.1, 0.15) is 24.2 Å². The fourth-order valence-electron chi connectivity index (χ4n) is 1.29. The van der Waals surface area contributed by atoms with Crippen LogP contribution in [0.2, 0.25) is 0 Å². The van der Waals surface area contributed by atoms with Crippen LogP contribution in [-0.4, -0.2) is 18.1 Å². The molecule has 0 saturated carbocycles. The van der Waals surface area contributed by atoms with Crippen LogP contribution in [0.5, 0.6) is 0 Å². The molecule has 0 saturated heterocycles. The summed E-state index contributed by atoms with van der Waals surface area (Å²) in [4.78, 5) is 4.24. The molecular weight excluding hydrogens is 186 g/mol. The third kappa shape index (κ3) is 3.70. The quantitative estimate of drug-likeness (QED) is 0.718. The molecule has 0 aliphatic rings. The van der Waals surface area contributed by atoms with Crippen molar-refractivity contribution >= 4 is 0 Å². The monoisotopic (exact) mass is 203 g/mol. The lowest BCUT2D eigenvalue weighted by atomic mass is 10.1. The minimum Gasteiger partial charge on any atom is -0.329 e. The summed E-state index contributed by atoms with van der Waals surface area (Å²) in [6.45, 7) is 5.01. The van der Waals surface area contributed by atoms with Gasteiger partial charge >= 0.3 is 0 Å². The van der Waals surface area contributed by atoms with E-state index in [4.69, 9.17) is 5.73 Å². The molecule has 1 atom stereocenters. The van der Waals surface area contributed by atoms with Gasteiger partial charge in [-0.25, -0.2) is 0 Å². The second-order valence-electron chi connectivity index (χ2n) is 3.33. The molecular formula is C12H17N3. The summed E-state index contributed by atoms with van der Waals surface area (Å²) in [6, 6.07) is 4.18. The van der Waals surface area contributed by atoms with Crippen molar-refractivity contribution in [3.8, 4) is 11.8 Å². The number of nitrogens with zero attached hydrogens (tertiary/aromatic N) is 1. The Morgan fingerprint density at radius 3 is 2.87 bits per heavy atom. The molecule has 15 heavy (non-hydrogen) atoms. The summed E-state index contributed by atoms with van der Waals surface area (Å²) >= 11 is 0. The van der Waals surface area contributed by atoms with Crippen molar-refractivity contribution in [3.63, 3.8) is 0 Å². The van der Waals surface area contributed by atoms with E-state index in [2.05, 4.69) is 22.1 Å². The lowest BCUT2D eigenvalue weighted by molar-refractivity contribution is 0.580. The average Bonchev–Trinajstić information content (AvgIpc) is 2.26. The Balaban J connectivity index is 2.64. The van der Waals surface area contributed by atoms with Crippen molar-refractivity contribution in [3.05, 3.63) is 29.6 Å². The summed E-state index contributed by atoms with van der Waals surface area (Å²) < 4.78 is 0. The van der Waals surface area contributed by atoms with Crippen molar-refractivity contribution in [2.24, 2.45) is 5.73 Å². The zero-order chi connectivity index (χ0) is 11.1. The summed E-state index contributed by atoms with van der Waals surface area (Å²) in [6.07, 6.45) is 1.86. The van der Waals surface area contributed by atoms with Gasteiger partial charge in [-0.15, -0.1) is 5.92 Å². The highest BCUT2D eigenvalue weighted by atomic mass is 14.9. The highest BCUT2D eigenvalue weighted by molar-refractivity contribution is 5.18. The number of nitrogens with two attached hydrogens (primary N) is 1. The Labute approximate surface area is 91.1 Å². The van der Waals surface area contributed by atoms with Gasteiger partial charge in [-0.2, -0.15) is 0 Å². The molecule has 1 heterocycles. The van der Waals surface area contributed by atoms with Crippen LogP contribution in [0.25, 0.3) is 0 Å². The zero-order valence-corrected chi connectivity index (χ0v) is 9.25. The first-order valence-corrected chi connectivity index (χ1v) is 5.03. The van der Waals surface area contributed by atoms with Crippen LogP contribution in [0.4, 0.5) is 0 Å². The number of pyridine rings is 1. The van der Waals surface area contributed by atoms with E-state index in [0.29, 0.717) is 13.1 Å². The molecule has 0 aliphatic carbocycles. The molecule has 3 heteroatoms. The van der Waals surface area contributed by atoms with Crippen LogP contribution in [0.15, 0.2) is 18.3 Å². The van der Waals surface area contributed by atoms with Gasteiger partial charge in [-0.3, -0.25) is 10.3 Å². The molecule has 0 amide bonds. The van der Waals surface area contributed by atoms with Gasteiger partial charge in [-0.05, 0) is 25.5 Å². The molecule has 3 nitrogen and oxygen atoms in total. The van der Waals surface area contributed by atoms with Crippen LogP contribution < -0.4 is 11.1 Å². The Morgan fingerprint density at radius 1 is 1.53 bits per heavy atom. The molecule has 0 radical (unpaired) electrons. The Hall–Kier alpha value is -1.37. The molecule has 1 aromatic heterocycles. The molecule has 1 unspecified atom stereocenters. The largest absolute Gasteiger partial charge is 0.329 e. The lowest BCUT2D eigenvalue weighted by Gasteiger charge is -2.15. The molecule has 0 aromatic carbocycles. The third-order valence-electron chi connectivity index (χ3n) is 2.19. The van der Waals surface area contributed by atoms with Gasteiger partial charge in [0, 0.05) is 24.5 Å². The molecule has 0 aliphatic heterocycles. The van der Waals surface area contributed by atoms with Crippen molar-refractivity contribution in [1.29, 1.82) is 0 Å². The summed E-state index contributed by atoms with van der Waals surface area (Å²) in [5.41, 5.74) is 7.82. The summed E-state index contributed by atoms with van der Waals surface area (Å²) in [7, 11) is 0. The Bertz CT molecular complexity index is 345. The van der Waals surface area contributed by atoms with Crippen LogP contribution in [-0.2, 0) is 0 Å². The topological polar surface area (TPSA) is 50.9 Å². The number of hydrogen-bond acceptors (Lipinski definition) is 3. The van der Waals surface area contributed by atoms with E-state index in [0.717, 1.165) is 11.3 Å². The molecule has 80 valence electrons. The first-order valence-electron chi connectivity index (χ1n) is 5.03. The van der Waals surface area contributed by atoms with E-state index >= 15 is 0 Å². The van der Waals surface area contributed by atoms with Crippen molar-refractivity contribution in [2.45, 2.75) is 19.9 Å². The SMILES string of the molecule is CC#CCNC(CN)c1ccc(C)nc1. The van der Waals surface area contributed by atoms with Crippen molar-refractivity contribution in [2.75, 3.05) is 13.1 Å². The van der Waals surface area contributed by atoms with E-state index in [1.807, 2.05) is 32.2 Å². The minimum absolute atomic E-state index is 0.138. The van der Waals surface area contributed by atoms with Crippen LogP contribution in [0, 0.1) is 18.8 Å². The smallest absolute Gasteiger partial charge is 0.0581 e. The fourth-order valence-corrected chi connectivity index (χ4v) is 1.29. The van der Waals surface area contributed by atoms with Crippen molar-refractivity contribution < 1.29 is 0 Å². The normalized spacial score (nSPS) is 11.7. The standard InChI is InChI=1S/C12H17N3/c1-3-4-7-14-12(8-13)11-6-5-10(2)15-9-11/h5-6,9,12,14H,7-8,13H2,1-2H3. The van der Waals surface area contributed by atoms with Gasteiger partial charge in [0.2, 0.25) is 0 Å². The highest BCUT2D eigenvalue weighted by Gasteiger charge is 2.07. The van der Waals surface area contributed by atoms with E-state index in [-0.39, 0.29) is 6.04 Å². The van der Waals surface area contributed by atoms with Gasteiger partial charge in [0.25, 0.3) is 0 Å². The molecule has 3 N–H and O–H groups in total. The molecule has 0 fully saturated rings. The minimum atomic E-state index is 0.138. The third-order valence-corrected chi connectivity index (χ3v) is 2.19. The predicted molar refractivity (Wildman–Crippen MR) is 62.2 cm³/mol. The summed E-state index contributed by atoms with van der Waals surface area (Å²) in [5.74, 6) is 5.80. The lowest BCUT2D eigenvalue weighted by Crippen LogP contribution is -2.28. The average molecular weight is 203 g/mol. The first kappa shape index (κ1) is 11.7. The second kappa shape index (κ2) is 6.18. The number of rotatable bonds is 4. The Morgan fingerprint density at radius 2 is 2.33 bits per heavy atom. The fraction of sp³-hybridized carbons (Fsp3) is 0.417. The van der Waals surface area contributed by atoms with Gasteiger partial charge in [0.15, 0.2) is 0 Å². The van der Waals surface area contributed by atoms with Gasteiger partial charge in [-0.1, -0.05) is 12.0 Å². The zero-order valence-electron chi connectivity index (χ0n) is 9.25. The number of aromatic nitrogens is 1. The number of aryl methyl sites for hydroxylation is 1. The van der Waals surface area contributed by atoms with Gasteiger partial charge < -0.3 is 5.73 Å². The number of nitrogens with one attached hydrogen (secondary N) is 1. The first-order chi connectivity index (χ1) is 7.27. The van der Waals surface area contributed by atoms with Gasteiger partial charge in [0.05, 0.1) is 6.54 Å². The highest BCUT2D eigenvalue weighted by Crippen LogP contribution is 2.09. The van der Waals surface area contributed by atoms with Crippen LogP contribution >= 0.6 is 0 Å². The second-order valence-corrected chi connectivity index (χ2v) is 3.33. The van der Waals surface area contributed by atoms with E-state index in [9.17, 15) is 0 Å². The Kier molecular flexibility index (Phi) is 4.82. The molecule has 1 rings (SSSR count). The van der Waals surface area contributed by atoms with Crippen LogP contribution in [0.3, 0.4) is 0 Å². The summed E-state index contributed by atoms with van der Waals surface area (Å²) in [5, 5.41) is 3.27. The van der Waals surface area contributed by atoms with E-state index < -0.39 is 0 Å². The van der Waals surface area contributed by atoms with Gasteiger partial charge in [0.1, 0.15) is 0 Å². The molecule has 0 bridgehead atoms. The maximum absolute atomic E-state index is 5.69. The van der Waals surface area contributed by atoms with E-state index in [1.165, 1.54) is 0 Å². The number of hydrogen-bond donors (Lipinski definition) is 2.